The zero-order chi connectivity index (χ0) is 15.8. The molecule has 6 nitrogen and oxygen atoms in total. The molecule has 5 rings (SSSR count). The molecule has 0 unspecified atom stereocenters. The van der Waals surface area contributed by atoms with E-state index in [9.17, 15) is 4.79 Å². The fourth-order valence-electron chi connectivity index (χ4n) is 3.74. The van der Waals surface area contributed by atoms with Crippen LogP contribution < -0.4 is 16.8 Å². The largest absolute Gasteiger partial charge is 0.423 e. The second-order valence-corrected chi connectivity index (χ2v) is 5.78. The molecule has 0 radical (unpaired) electrons. The van der Waals surface area contributed by atoms with E-state index in [4.69, 9.17) is 15.9 Å². The third kappa shape index (κ3) is 1.25. The van der Waals surface area contributed by atoms with Crippen molar-refractivity contribution < 1.29 is 9.21 Å². The molecule has 1 aliphatic carbocycles. The van der Waals surface area contributed by atoms with Crippen LogP contribution in [0.2, 0.25) is 0 Å². The van der Waals surface area contributed by atoms with Gasteiger partial charge in [-0.25, -0.2) is 0 Å². The summed E-state index contributed by atoms with van der Waals surface area (Å²) in [6.07, 6.45) is 0. The number of nitrogen functional groups attached to an aromatic ring is 2. The molecule has 112 valence electrons. The lowest BCUT2D eigenvalue weighted by molar-refractivity contribution is -0.118. The van der Waals surface area contributed by atoms with Crippen LogP contribution in [0.15, 0.2) is 46.9 Å². The maximum absolute atomic E-state index is 13.0. The number of nitrogens with two attached hydrogens (primary N) is 2. The lowest BCUT2D eigenvalue weighted by Crippen LogP contribution is -2.35. The third-order valence-electron chi connectivity index (χ3n) is 4.61. The van der Waals surface area contributed by atoms with Crippen LogP contribution in [0, 0.1) is 0 Å². The molecule has 3 aromatic rings. The minimum Gasteiger partial charge on any atom is -0.423 e. The highest BCUT2D eigenvalue weighted by Gasteiger charge is 2.58. The first kappa shape index (κ1) is 12.3. The van der Waals surface area contributed by atoms with Gasteiger partial charge in [-0.2, -0.15) is 4.98 Å². The van der Waals surface area contributed by atoms with Crippen molar-refractivity contribution in [2.75, 3.05) is 16.8 Å². The van der Waals surface area contributed by atoms with Gasteiger partial charge in [-0.15, -0.1) is 0 Å². The summed E-state index contributed by atoms with van der Waals surface area (Å²) in [5.74, 6) is 0.385. The molecular weight excluding hydrogens is 292 g/mol. The van der Waals surface area contributed by atoms with E-state index in [0.29, 0.717) is 22.8 Å². The van der Waals surface area contributed by atoms with Gasteiger partial charge >= 0.3 is 0 Å². The molecule has 23 heavy (non-hydrogen) atoms. The van der Waals surface area contributed by atoms with Crippen LogP contribution in [0.4, 0.5) is 17.4 Å². The normalized spacial score (nSPS) is 20.3. The van der Waals surface area contributed by atoms with E-state index >= 15 is 0 Å². The Hall–Kier alpha value is -3.28. The first-order valence-electron chi connectivity index (χ1n) is 7.20. The van der Waals surface area contributed by atoms with E-state index in [-0.39, 0.29) is 11.9 Å². The Kier molecular flexibility index (Phi) is 1.99. The maximum Gasteiger partial charge on any atom is 0.292 e. The molecule has 1 aromatic heterocycles. The number of anilines is 3. The molecule has 0 fully saturated rings. The molecule has 0 saturated heterocycles. The van der Waals surface area contributed by atoms with Gasteiger partial charge in [0.15, 0.2) is 5.76 Å². The second-order valence-electron chi connectivity index (χ2n) is 5.78. The summed E-state index contributed by atoms with van der Waals surface area (Å²) in [5.41, 5.74) is 14.9. The number of rotatable bonds is 0. The van der Waals surface area contributed by atoms with Gasteiger partial charge in [0.25, 0.3) is 6.01 Å². The van der Waals surface area contributed by atoms with Crippen molar-refractivity contribution in [3.05, 3.63) is 59.3 Å². The minimum absolute atomic E-state index is 0.0561. The summed E-state index contributed by atoms with van der Waals surface area (Å²) in [6.45, 7) is 0. The zero-order valence-corrected chi connectivity index (χ0v) is 12.0. The van der Waals surface area contributed by atoms with Gasteiger partial charge in [-0.1, -0.05) is 30.3 Å². The first-order valence-corrected chi connectivity index (χ1v) is 7.20. The number of carbonyl (C=O) groups is 1. The van der Waals surface area contributed by atoms with Crippen molar-refractivity contribution in [2.45, 2.75) is 5.41 Å². The van der Waals surface area contributed by atoms with Gasteiger partial charge in [0.1, 0.15) is 11.1 Å². The van der Waals surface area contributed by atoms with Crippen molar-refractivity contribution in [2.24, 2.45) is 0 Å². The number of nitrogens with zero attached hydrogens (tertiary/aromatic N) is 1. The number of carbonyl (C=O) groups excluding carboxylic acids is 1. The number of oxazole rings is 1. The van der Waals surface area contributed by atoms with Crippen LogP contribution >= 0.6 is 0 Å². The van der Waals surface area contributed by atoms with Crippen molar-refractivity contribution in [3.63, 3.8) is 0 Å². The van der Waals surface area contributed by atoms with E-state index in [1.165, 1.54) is 0 Å². The topological polar surface area (TPSA) is 107 Å². The Labute approximate surface area is 131 Å². The monoisotopic (exact) mass is 304 g/mol. The summed E-state index contributed by atoms with van der Waals surface area (Å²) < 4.78 is 5.59. The first-order chi connectivity index (χ1) is 11.1. The van der Waals surface area contributed by atoms with Crippen LogP contribution in [-0.4, -0.2) is 10.9 Å². The molecule has 2 aliphatic rings. The Bertz CT molecular complexity index is 1010. The summed E-state index contributed by atoms with van der Waals surface area (Å²) >= 11 is 0. The standard InChI is InChI=1S/C17H12N4O2/c18-8-5-6-11-12(7-8)20-15(22)17(11)10-4-2-1-3-9(10)13-14(17)21-16(19)23-13/h1-7H,18H2,(H2,19,21)(H,20,22)/t17-/m1/s1. The fraction of sp³-hybridized carbons (Fsp3) is 0.0588. The number of aromatic nitrogens is 1. The predicted octanol–water partition coefficient (Wildman–Crippen LogP) is 2.11. The number of nitrogens with one attached hydrogen (secondary N) is 1. The lowest BCUT2D eigenvalue weighted by atomic mass is 9.75. The smallest absolute Gasteiger partial charge is 0.292 e. The molecule has 6 heteroatoms. The van der Waals surface area contributed by atoms with E-state index in [2.05, 4.69) is 10.3 Å². The van der Waals surface area contributed by atoms with Gasteiger partial charge in [0.05, 0.1) is 0 Å². The van der Waals surface area contributed by atoms with Crippen LogP contribution in [0.5, 0.6) is 0 Å². The number of benzene rings is 2. The second kappa shape index (κ2) is 3.73. The van der Waals surface area contributed by atoms with Crippen LogP contribution in [0.25, 0.3) is 11.3 Å². The average Bonchev–Trinajstić information content (AvgIpc) is 3.12. The van der Waals surface area contributed by atoms with Crippen LogP contribution in [0.3, 0.4) is 0 Å². The number of fused-ring (bicyclic) bond motifs is 7. The van der Waals surface area contributed by atoms with Crippen molar-refractivity contribution in [1.82, 2.24) is 4.98 Å². The SMILES string of the molecule is Nc1ccc2c(c1)NC(=O)[C@]21c2ccccc2-c2oc(N)nc21. The van der Waals surface area contributed by atoms with Gasteiger partial charge in [-0.05, 0) is 17.7 Å². The zero-order valence-electron chi connectivity index (χ0n) is 12.0. The molecule has 2 aromatic carbocycles. The van der Waals surface area contributed by atoms with Crippen molar-refractivity contribution >= 4 is 23.3 Å². The molecular formula is C17H12N4O2. The Morgan fingerprint density at radius 2 is 1.91 bits per heavy atom. The third-order valence-corrected chi connectivity index (χ3v) is 4.61. The van der Waals surface area contributed by atoms with Gasteiger partial charge in [0, 0.05) is 22.5 Å². The maximum atomic E-state index is 13.0. The van der Waals surface area contributed by atoms with Crippen LogP contribution in [-0.2, 0) is 10.2 Å². The number of amides is 1. The lowest BCUT2D eigenvalue weighted by Gasteiger charge is -2.22. The predicted molar refractivity (Wildman–Crippen MR) is 85.7 cm³/mol. The van der Waals surface area contributed by atoms with E-state index < -0.39 is 5.41 Å². The van der Waals surface area contributed by atoms with E-state index in [1.54, 1.807) is 12.1 Å². The molecule has 1 atom stereocenters. The summed E-state index contributed by atoms with van der Waals surface area (Å²) in [5, 5.41) is 2.92. The van der Waals surface area contributed by atoms with E-state index in [1.807, 2.05) is 30.3 Å². The molecule has 0 bridgehead atoms. The van der Waals surface area contributed by atoms with Crippen molar-refractivity contribution in [1.29, 1.82) is 0 Å². The molecule has 5 N–H and O–H groups in total. The van der Waals surface area contributed by atoms with Crippen molar-refractivity contribution in [3.8, 4) is 11.3 Å². The van der Waals surface area contributed by atoms with Gasteiger partial charge in [-0.3, -0.25) is 4.79 Å². The molecule has 1 amide bonds. The summed E-state index contributed by atoms with van der Waals surface area (Å²) in [6, 6.07) is 13.1. The molecule has 1 aliphatic heterocycles. The molecule has 2 heterocycles. The minimum atomic E-state index is -1.03. The average molecular weight is 304 g/mol. The number of hydrogen-bond donors (Lipinski definition) is 3. The fourth-order valence-corrected chi connectivity index (χ4v) is 3.74. The Morgan fingerprint density at radius 3 is 2.78 bits per heavy atom. The van der Waals surface area contributed by atoms with Crippen LogP contribution in [0.1, 0.15) is 16.8 Å². The highest BCUT2D eigenvalue weighted by Crippen LogP contribution is 2.57. The number of hydrogen-bond acceptors (Lipinski definition) is 5. The Morgan fingerprint density at radius 1 is 1.09 bits per heavy atom. The highest BCUT2D eigenvalue weighted by atomic mass is 16.4. The molecule has 1 spiro atoms. The summed E-state index contributed by atoms with van der Waals surface area (Å²) in [7, 11) is 0. The molecule has 0 saturated carbocycles. The Balaban J connectivity index is 1.95. The highest BCUT2D eigenvalue weighted by molar-refractivity contribution is 6.14. The quantitative estimate of drug-likeness (QED) is 0.551. The van der Waals surface area contributed by atoms with Gasteiger partial charge < -0.3 is 21.2 Å². The van der Waals surface area contributed by atoms with Gasteiger partial charge in [0.2, 0.25) is 5.91 Å². The van der Waals surface area contributed by atoms with E-state index in [0.717, 1.165) is 16.7 Å². The summed E-state index contributed by atoms with van der Waals surface area (Å²) in [4.78, 5) is 17.4.